The Bertz CT molecular complexity index is 1030. The van der Waals surface area contributed by atoms with Crippen molar-refractivity contribution in [2.45, 2.75) is 6.54 Å². The maximum absolute atomic E-state index is 12.5. The second-order valence-electron chi connectivity index (χ2n) is 5.31. The number of pyridine rings is 1. The summed E-state index contributed by atoms with van der Waals surface area (Å²) < 4.78 is 3.42. The molecule has 0 fully saturated rings. The molecule has 22 heavy (non-hydrogen) atoms. The van der Waals surface area contributed by atoms with Gasteiger partial charge in [0.2, 0.25) is 0 Å². The second-order valence-corrected chi connectivity index (χ2v) is 5.31. The van der Waals surface area contributed by atoms with Crippen LogP contribution in [0.4, 0.5) is 0 Å². The van der Waals surface area contributed by atoms with Gasteiger partial charge in [0.25, 0.3) is 5.56 Å². The van der Waals surface area contributed by atoms with Crippen molar-refractivity contribution in [1.82, 2.24) is 19.6 Å². The first kappa shape index (κ1) is 12.8. The van der Waals surface area contributed by atoms with Crippen molar-refractivity contribution in [2.24, 2.45) is 7.05 Å². The molecule has 0 aliphatic rings. The zero-order chi connectivity index (χ0) is 15.1. The maximum atomic E-state index is 12.5. The summed E-state index contributed by atoms with van der Waals surface area (Å²) in [4.78, 5) is 12.5. The van der Waals surface area contributed by atoms with Gasteiger partial charge in [-0.2, -0.15) is 0 Å². The highest BCUT2D eigenvalue weighted by Crippen LogP contribution is 2.21. The van der Waals surface area contributed by atoms with E-state index in [1.165, 1.54) is 0 Å². The van der Waals surface area contributed by atoms with E-state index in [2.05, 4.69) is 10.3 Å². The first-order chi connectivity index (χ1) is 10.8. The lowest BCUT2D eigenvalue weighted by Crippen LogP contribution is -2.17. The number of rotatable bonds is 2. The summed E-state index contributed by atoms with van der Waals surface area (Å²) in [7, 11) is 1.76. The number of fused-ring (bicyclic) bond motifs is 3. The monoisotopic (exact) mass is 290 g/mol. The van der Waals surface area contributed by atoms with Crippen LogP contribution in [-0.4, -0.2) is 19.6 Å². The number of aromatic nitrogens is 4. The lowest BCUT2D eigenvalue weighted by molar-refractivity contribution is 0.671. The van der Waals surface area contributed by atoms with Crippen LogP contribution >= 0.6 is 0 Å². The summed E-state index contributed by atoms with van der Waals surface area (Å²) in [5.74, 6) is 0. The molecule has 2 aromatic carbocycles. The van der Waals surface area contributed by atoms with Crippen molar-refractivity contribution in [3.8, 4) is 0 Å². The molecule has 0 aliphatic heterocycles. The van der Waals surface area contributed by atoms with Crippen LogP contribution in [0.15, 0.2) is 59.4 Å². The van der Waals surface area contributed by atoms with Crippen LogP contribution in [0.1, 0.15) is 5.56 Å². The normalized spacial score (nSPS) is 11.3. The van der Waals surface area contributed by atoms with Crippen molar-refractivity contribution >= 4 is 21.9 Å². The summed E-state index contributed by atoms with van der Waals surface area (Å²) in [6.45, 7) is 0.592. The Hall–Kier alpha value is -2.95. The standard InChI is InChI=1S/C17H14N4O/c1-20-14-10-6-5-9-13(14)16-15(17(20)22)18-19-21(16)11-12-7-3-2-4-8-12/h2-10H,11H2,1H3. The first-order valence-corrected chi connectivity index (χ1v) is 7.10. The molecular weight excluding hydrogens is 276 g/mol. The molecule has 0 saturated heterocycles. The number of hydrogen-bond acceptors (Lipinski definition) is 3. The molecular formula is C17H14N4O. The largest absolute Gasteiger partial charge is 0.309 e. The SMILES string of the molecule is Cn1c(=O)c2nnn(Cc3ccccc3)c2c2ccccc21. The Morgan fingerprint density at radius 1 is 1.00 bits per heavy atom. The highest BCUT2D eigenvalue weighted by atomic mass is 16.1. The first-order valence-electron chi connectivity index (χ1n) is 7.10. The number of para-hydroxylation sites is 1. The van der Waals surface area contributed by atoms with Gasteiger partial charge in [0, 0.05) is 12.4 Å². The van der Waals surface area contributed by atoms with Gasteiger partial charge in [-0.1, -0.05) is 53.7 Å². The third-order valence-electron chi connectivity index (χ3n) is 3.94. The van der Waals surface area contributed by atoms with Crippen molar-refractivity contribution in [3.63, 3.8) is 0 Å². The lowest BCUT2D eigenvalue weighted by atomic mass is 10.1. The molecule has 0 spiro atoms. The summed E-state index contributed by atoms with van der Waals surface area (Å²) >= 11 is 0. The summed E-state index contributed by atoms with van der Waals surface area (Å²) in [6, 6.07) is 17.9. The molecule has 0 atom stereocenters. The smallest absolute Gasteiger partial charge is 0.280 e. The molecule has 0 saturated carbocycles. The van der Waals surface area contributed by atoms with Gasteiger partial charge in [-0.15, -0.1) is 5.10 Å². The summed E-state index contributed by atoms with van der Waals surface area (Å²) in [6.07, 6.45) is 0. The van der Waals surface area contributed by atoms with E-state index in [1.807, 2.05) is 54.6 Å². The van der Waals surface area contributed by atoms with E-state index in [-0.39, 0.29) is 5.56 Å². The van der Waals surface area contributed by atoms with E-state index in [9.17, 15) is 4.79 Å². The highest BCUT2D eigenvalue weighted by Gasteiger charge is 2.15. The second kappa shape index (κ2) is 4.80. The molecule has 2 heterocycles. The van der Waals surface area contributed by atoms with Crippen LogP contribution in [0.5, 0.6) is 0 Å². The molecule has 2 aromatic heterocycles. The summed E-state index contributed by atoms with van der Waals surface area (Å²) in [5.41, 5.74) is 3.10. The molecule has 0 N–H and O–H groups in total. The van der Waals surface area contributed by atoms with Crippen LogP contribution in [0, 0.1) is 0 Å². The molecule has 4 rings (SSSR count). The average Bonchev–Trinajstić information content (AvgIpc) is 2.97. The fourth-order valence-electron chi connectivity index (χ4n) is 2.83. The van der Waals surface area contributed by atoms with Crippen molar-refractivity contribution < 1.29 is 0 Å². The number of benzene rings is 2. The highest BCUT2D eigenvalue weighted by molar-refractivity contribution is 6.01. The molecule has 4 aromatic rings. The number of hydrogen-bond donors (Lipinski definition) is 0. The Balaban J connectivity index is 2.04. The van der Waals surface area contributed by atoms with Gasteiger partial charge < -0.3 is 4.57 Å². The predicted octanol–water partition coefficient (Wildman–Crippen LogP) is 2.33. The molecule has 5 nitrogen and oxygen atoms in total. The zero-order valence-corrected chi connectivity index (χ0v) is 12.1. The minimum Gasteiger partial charge on any atom is -0.309 e. The van der Waals surface area contributed by atoms with E-state index < -0.39 is 0 Å². The fourth-order valence-corrected chi connectivity index (χ4v) is 2.83. The molecule has 0 bridgehead atoms. The molecule has 0 unspecified atom stereocenters. The molecule has 0 radical (unpaired) electrons. The van der Waals surface area contributed by atoms with E-state index in [4.69, 9.17) is 0 Å². The van der Waals surface area contributed by atoms with Crippen LogP contribution in [0.3, 0.4) is 0 Å². The summed E-state index contributed by atoms with van der Waals surface area (Å²) in [5, 5.41) is 9.29. The van der Waals surface area contributed by atoms with Gasteiger partial charge >= 0.3 is 0 Å². The quantitative estimate of drug-likeness (QED) is 0.569. The molecule has 5 heteroatoms. The van der Waals surface area contributed by atoms with Crippen molar-refractivity contribution in [1.29, 1.82) is 0 Å². The van der Waals surface area contributed by atoms with E-state index >= 15 is 0 Å². The fraction of sp³-hybridized carbons (Fsp3) is 0.118. The van der Waals surface area contributed by atoms with Gasteiger partial charge in [0.05, 0.1) is 12.1 Å². The Morgan fingerprint density at radius 3 is 2.55 bits per heavy atom. The van der Waals surface area contributed by atoms with Gasteiger partial charge in [0.1, 0.15) is 5.52 Å². The molecule has 108 valence electrons. The van der Waals surface area contributed by atoms with Gasteiger partial charge in [-0.3, -0.25) is 4.79 Å². The third-order valence-corrected chi connectivity index (χ3v) is 3.94. The van der Waals surface area contributed by atoms with Gasteiger partial charge in [-0.25, -0.2) is 4.68 Å². The zero-order valence-electron chi connectivity index (χ0n) is 12.1. The minimum atomic E-state index is -0.118. The minimum absolute atomic E-state index is 0.118. The van der Waals surface area contributed by atoms with E-state index in [0.717, 1.165) is 22.0 Å². The van der Waals surface area contributed by atoms with Crippen molar-refractivity contribution in [3.05, 3.63) is 70.5 Å². The Morgan fingerprint density at radius 2 is 1.73 bits per heavy atom. The maximum Gasteiger partial charge on any atom is 0.280 e. The number of nitrogens with zero attached hydrogens (tertiary/aromatic N) is 4. The predicted molar refractivity (Wildman–Crippen MR) is 85.8 cm³/mol. The topological polar surface area (TPSA) is 52.7 Å². The van der Waals surface area contributed by atoms with Gasteiger partial charge in [-0.05, 0) is 11.6 Å². The van der Waals surface area contributed by atoms with E-state index in [0.29, 0.717) is 12.1 Å². The number of aryl methyl sites for hydroxylation is 1. The van der Waals surface area contributed by atoms with Crippen molar-refractivity contribution in [2.75, 3.05) is 0 Å². The van der Waals surface area contributed by atoms with Crippen LogP contribution in [0.25, 0.3) is 21.9 Å². The average molecular weight is 290 g/mol. The Kier molecular flexibility index (Phi) is 2.79. The lowest BCUT2D eigenvalue weighted by Gasteiger charge is -2.08. The Labute approximate surface area is 126 Å². The molecule has 0 amide bonds. The van der Waals surface area contributed by atoms with E-state index in [1.54, 1.807) is 16.3 Å². The van der Waals surface area contributed by atoms with Crippen LogP contribution < -0.4 is 5.56 Å². The third kappa shape index (κ3) is 1.83. The van der Waals surface area contributed by atoms with Crippen LogP contribution in [0.2, 0.25) is 0 Å². The molecule has 0 aliphatic carbocycles. The van der Waals surface area contributed by atoms with Crippen LogP contribution in [-0.2, 0) is 13.6 Å². The van der Waals surface area contributed by atoms with Gasteiger partial charge in [0.15, 0.2) is 5.52 Å².